The quantitative estimate of drug-likeness (QED) is 0.782. The molecule has 1 aromatic rings. The molecule has 2 fully saturated rings. The van der Waals surface area contributed by atoms with Gasteiger partial charge in [0.05, 0.1) is 17.8 Å². The average Bonchev–Trinajstić information content (AvgIpc) is 3.08. The van der Waals surface area contributed by atoms with Crippen molar-refractivity contribution in [2.75, 3.05) is 13.1 Å². The maximum atomic E-state index is 12.2. The highest BCUT2D eigenvalue weighted by molar-refractivity contribution is 5.97. The van der Waals surface area contributed by atoms with Crippen LogP contribution >= 0.6 is 0 Å². The summed E-state index contributed by atoms with van der Waals surface area (Å²) < 4.78 is 1.95. The predicted octanol–water partition coefficient (Wildman–Crippen LogP) is 1.40. The molecule has 4 nitrogen and oxygen atoms in total. The van der Waals surface area contributed by atoms with Gasteiger partial charge in [-0.2, -0.15) is 5.10 Å². The van der Waals surface area contributed by atoms with Crippen LogP contribution in [-0.4, -0.2) is 28.7 Å². The van der Waals surface area contributed by atoms with Crippen molar-refractivity contribution in [3.63, 3.8) is 0 Å². The van der Waals surface area contributed by atoms with Crippen LogP contribution in [0.15, 0.2) is 12.4 Å². The fourth-order valence-electron chi connectivity index (χ4n) is 2.32. The van der Waals surface area contributed by atoms with Gasteiger partial charge in [-0.25, -0.2) is 0 Å². The first-order valence-corrected chi connectivity index (χ1v) is 6.13. The van der Waals surface area contributed by atoms with E-state index in [1.54, 1.807) is 6.20 Å². The number of aromatic nitrogens is 2. The first kappa shape index (κ1) is 10.0. The van der Waals surface area contributed by atoms with Crippen molar-refractivity contribution in [1.29, 1.82) is 0 Å². The average molecular weight is 219 g/mol. The van der Waals surface area contributed by atoms with Gasteiger partial charge in [-0.3, -0.25) is 9.48 Å². The lowest BCUT2D eigenvalue weighted by Crippen LogP contribution is -2.31. The van der Waals surface area contributed by atoms with E-state index in [0.29, 0.717) is 6.04 Å². The van der Waals surface area contributed by atoms with E-state index in [1.165, 1.54) is 12.8 Å². The molecule has 86 valence electrons. The van der Waals surface area contributed by atoms with Gasteiger partial charge in [0, 0.05) is 12.1 Å². The van der Waals surface area contributed by atoms with Crippen molar-refractivity contribution in [3.8, 4) is 0 Å². The van der Waals surface area contributed by atoms with Crippen molar-refractivity contribution in [3.05, 3.63) is 18.0 Å². The third-order valence-electron chi connectivity index (χ3n) is 3.52. The fraction of sp³-hybridized carbons (Fsp3) is 0.667. The minimum atomic E-state index is 0.207. The molecule has 16 heavy (non-hydrogen) atoms. The third-order valence-corrected chi connectivity index (χ3v) is 3.52. The van der Waals surface area contributed by atoms with E-state index in [9.17, 15) is 4.79 Å². The van der Waals surface area contributed by atoms with Gasteiger partial charge in [-0.05, 0) is 38.8 Å². The number of hydrogen-bond donors (Lipinski definition) is 1. The smallest absolute Gasteiger partial charge is 0.169 e. The first-order chi connectivity index (χ1) is 7.84. The minimum Gasteiger partial charge on any atom is -0.317 e. The largest absolute Gasteiger partial charge is 0.317 e. The van der Waals surface area contributed by atoms with E-state index < -0.39 is 0 Å². The summed E-state index contributed by atoms with van der Waals surface area (Å²) >= 11 is 0. The van der Waals surface area contributed by atoms with E-state index in [2.05, 4.69) is 10.4 Å². The van der Waals surface area contributed by atoms with Crippen LogP contribution in [0.5, 0.6) is 0 Å². The SMILES string of the molecule is O=C(c1cnn(C2CC2)c1)C1CCNCC1. The van der Waals surface area contributed by atoms with Gasteiger partial charge in [0.2, 0.25) is 0 Å². The van der Waals surface area contributed by atoms with Gasteiger partial charge in [-0.1, -0.05) is 0 Å². The number of Topliss-reactive ketones (excluding diaryl/α,β-unsaturated/α-hetero) is 1. The summed E-state index contributed by atoms with van der Waals surface area (Å²) in [6.07, 6.45) is 8.02. The third kappa shape index (κ3) is 1.89. The molecule has 1 aliphatic heterocycles. The summed E-state index contributed by atoms with van der Waals surface area (Å²) in [5.41, 5.74) is 0.804. The van der Waals surface area contributed by atoms with Crippen LogP contribution in [0.4, 0.5) is 0 Å². The molecule has 0 aromatic carbocycles. The Kier molecular flexibility index (Phi) is 2.52. The lowest BCUT2D eigenvalue weighted by molar-refractivity contribution is 0.0895. The highest BCUT2D eigenvalue weighted by atomic mass is 16.1. The van der Waals surface area contributed by atoms with Gasteiger partial charge in [0.1, 0.15) is 0 Å². The Hall–Kier alpha value is -1.16. The maximum Gasteiger partial charge on any atom is 0.169 e. The number of hydrogen-bond acceptors (Lipinski definition) is 3. The van der Waals surface area contributed by atoms with E-state index in [-0.39, 0.29) is 11.7 Å². The molecule has 1 N–H and O–H groups in total. The molecule has 0 atom stereocenters. The molecule has 0 spiro atoms. The molecule has 2 aliphatic rings. The van der Waals surface area contributed by atoms with Gasteiger partial charge in [-0.15, -0.1) is 0 Å². The number of rotatable bonds is 3. The Morgan fingerprint density at radius 3 is 2.75 bits per heavy atom. The summed E-state index contributed by atoms with van der Waals surface area (Å²) in [6, 6.07) is 0.564. The molecular weight excluding hydrogens is 202 g/mol. The summed E-state index contributed by atoms with van der Waals surface area (Å²) in [5.74, 6) is 0.492. The van der Waals surface area contributed by atoms with Gasteiger partial charge < -0.3 is 5.32 Å². The number of carbonyl (C=O) groups is 1. The summed E-state index contributed by atoms with van der Waals surface area (Å²) in [5, 5.41) is 7.56. The Labute approximate surface area is 95.0 Å². The molecule has 2 heterocycles. The molecule has 4 heteroatoms. The Balaban J connectivity index is 1.71. The lowest BCUT2D eigenvalue weighted by Gasteiger charge is -2.20. The van der Waals surface area contributed by atoms with Crippen molar-refractivity contribution < 1.29 is 4.79 Å². The zero-order chi connectivity index (χ0) is 11.0. The van der Waals surface area contributed by atoms with Gasteiger partial charge in [0.25, 0.3) is 0 Å². The normalized spacial score (nSPS) is 22.2. The van der Waals surface area contributed by atoms with E-state index in [0.717, 1.165) is 31.5 Å². The van der Waals surface area contributed by atoms with Crippen molar-refractivity contribution >= 4 is 5.78 Å². The molecule has 0 bridgehead atoms. The second kappa shape index (κ2) is 4.01. The zero-order valence-electron chi connectivity index (χ0n) is 9.35. The number of carbonyl (C=O) groups excluding carboxylic acids is 1. The van der Waals surface area contributed by atoms with E-state index in [1.807, 2.05) is 10.9 Å². The molecule has 0 amide bonds. The van der Waals surface area contributed by atoms with Crippen LogP contribution in [0.25, 0.3) is 0 Å². The molecule has 0 unspecified atom stereocenters. The summed E-state index contributed by atoms with van der Waals surface area (Å²) in [7, 11) is 0. The number of nitrogens with zero attached hydrogens (tertiary/aromatic N) is 2. The second-order valence-electron chi connectivity index (χ2n) is 4.83. The van der Waals surface area contributed by atoms with Crippen molar-refractivity contribution in [2.24, 2.45) is 5.92 Å². The Morgan fingerprint density at radius 2 is 2.06 bits per heavy atom. The molecule has 1 saturated heterocycles. The number of piperidine rings is 1. The van der Waals surface area contributed by atoms with E-state index >= 15 is 0 Å². The van der Waals surface area contributed by atoms with Crippen LogP contribution in [0, 0.1) is 5.92 Å². The van der Waals surface area contributed by atoms with Crippen molar-refractivity contribution in [1.82, 2.24) is 15.1 Å². The Bertz CT molecular complexity index is 389. The molecule has 1 aromatic heterocycles. The van der Waals surface area contributed by atoms with E-state index in [4.69, 9.17) is 0 Å². The summed E-state index contributed by atoms with van der Waals surface area (Å²) in [6.45, 7) is 1.93. The highest BCUT2D eigenvalue weighted by Gasteiger charge is 2.27. The number of ketones is 1. The van der Waals surface area contributed by atoms with Crippen molar-refractivity contribution in [2.45, 2.75) is 31.7 Å². The highest BCUT2D eigenvalue weighted by Crippen LogP contribution is 2.34. The topological polar surface area (TPSA) is 46.9 Å². The minimum absolute atomic E-state index is 0.207. The standard InChI is InChI=1S/C12H17N3O/c16-12(9-3-5-13-6-4-9)10-7-14-15(8-10)11-1-2-11/h7-9,11,13H,1-6H2. The Morgan fingerprint density at radius 1 is 1.31 bits per heavy atom. The molecular formula is C12H17N3O. The number of nitrogens with one attached hydrogen (secondary N) is 1. The molecule has 1 aliphatic carbocycles. The van der Waals surface area contributed by atoms with Crippen LogP contribution in [0.1, 0.15) is 42.1 Å². The summed E-state index contributed by atoms with van der Waals surface area (Å²) in [4.78, 5) is 12.2. The van der Waals surface area contributed by atoms with Crippen LogP contribution in [-0.2, 0) is 0 Å². The second-order valence-corrected chi connectivity index (χ2v) is 4.83. The molecule has 3 rings (SSSR count). The first-order valence-electron chi connectivity index (χ1n) is 6.13. The van der Waals surface area contributed by atoms with Crippen LogP contribution in [0.2, 0.25) is 0 Å². The lowest BCUT2D eigenvalue weighted by atomic mass is 9.91. The van der Waals surface area contributed by atoms with Gasteiger partial charge >= 0.3 is 0 Å². The monoisotopic (exact) mass is 219 g/mol. The van der Waals surface area contributed by atoms with Gasteiger partial charge in [0.15, 0.2) is 5.78 Å². The predicted molar refractivity (Wildman–Crippen MR) is 60.4 cm³/mol. The maximum absolute atomic E-state index is 12.2. The molecule has 1 saturated carbocycles. The molecule has 0 radical (unpaired) electrons. The van der Waals surface area contributed by atoms with Crippen LogP contribution < -0.4 is 5.32 Å². The zero-order valence-corrected chi connectivity index (χ0v) is 9.35. The fourth-order valence-corrected chi connectivity index (χ4v) is 2.32. The van der Waals surface area contributed by atoms with Crippen LogP contribution in [0.3, 0.4) is 0 Å².